The van der Waals surface area contributed by atoms with Crippen molar-refractivity contribution >= 4 is 117 Å². The highest BCUT2D eigenvalue weighted by Crippen LogP contribution is 2.43. The van der Waals surface area contributed by atoms with E-state index in [1.807, 2.05) is 12.1 Å². The van der Waals surface area contributed by atoms with Gasteiger partial charge in [-0.25, -0.2) is 0 Å². The lowest BCUT2D eigenvalue weighted by molar-refractivity contribution is -0.262. The Morgan fingerprint density at radius 2 is 0.808 bits per heavy atom. The molecule has 3 aromatic carbocycles. The van der Waals surface area contributed by atoms with E-state index in [0.717, 1.165) is 0 Å². The summed E-state index contributed by atoms with van der Waals surface area (Å²) in [4.78, 5) is 200. The molecule has 3 fully saturated rings. The number of amides is 8. The molecular weight excluding hydrogens is 1760 g/mol. The molecular formula is C88H127N8O31PS2. The molecule has 3 aliphatic rings. The SMILES string of the molecule is COc1ccc(C(OCC(OC(=O)CCC(=O)N[SH](=P)=S)C(=O)N(CCNC(=O)CCCCO[C@@H]2OC(COC(C)=O)[C@H](OC(C)=O)[C@H](C)C2NC(C)=O)CCN(CCNC(=O)CCCCO[C@@H]2OC(COC(C)=O)[C@H](OC(C)=O)[C@H](C)C2NC(C)=O)C(=O)CCCCO[C@@H]2OC(COC(C)=O)[C@H](OC(C)=O)[C@H](C)C2NC(C)=O)(c2ccccc2)c2ccc(OC)cc2)cc1. The van der Waals surface area contributed by atoms with E-state index in [4.69, 9.17) is 87.0 Å². The Labute approximate surface area is 765 Å². The Hall–Kier alpha value is -10.1. The Balaban J connectivity index is 1.33. The number of nitrogens with one attached hydrogen (secondary N) is 6. The highest BCUT2D eigenvalue weighted by molar-refractivity contribution is 8.38. The Morgan fingerprint density at radius 1 is 0.446 bits per heavy atom. The summed E-state index contributed by atoms with van der Waals surface area (Å²) in [7, 11) is 4.69. The van der Waals surface area contributed by atoms with Crippen molar-refractivity contribution in [3.8, 4) is 11.5 Å². The van der Waals surface area contributed by atoms with Crippen molar-refractivity contribution in [1.82, 2.24) is 41.1 Å². The number of carbonyl (C=O) groups excluding carboxylic acids is 15. The smallest absolute Gasteiger partial charge is 0.307 e. The molecule has 130 heavy (non-hydrogen) atoms. The second-order valence-electron chi connectivity index (χ2n) is 31.5. The van der Waals surface area contributed by atoms with Gasteiger partial charge in [0.2, 0.25) is 47.5 Å². The molecule has 6 N–H and O–H groups in total. The molecule has 0 aromatic heterocycles. The predicted molar refractivity (Wildman–Crippen MR) is 471 cm³/mol. The number of carbonyl (C=O) groups is 15. The van der Waals surface area contributed by atoms with Gasteiger partial charge in [0.1, 0.15) is 73.5 Å². The number of rotatable bonds is 53. The minimum atomic E-state index is -1.86. The van der Waals surface area contributed by atoms with Crippen LogP contribution >= 0.6 is 8.02 Å². The molecule has 42 heteroatoms. The third-order valence-electron chi connectivity index (χ3n) is 21.4. The second kappa shape index (κ2) is 55.9. The van der Waals surface area contributed by atoms with Crippen molar-refractivity contribution in [2.45, 2.75) is 239 Å². The zero-order chi connectivity index (χ0) is 95.7. The zero-order valence-corrected chi connectivity index (χ0v) is 78.8. The van der Waals surface area contributed by atoms with Crippen molar-refractivity contribution in [2.75, 3.05) is 99.7 Å². The summed E-state index contributed by atoms with van der Waals surface area (Å²) in [5, 5.41) is 14.2. The third-order valence-corrected chi connectivity index (χ3v) is 22.5. The molecule has 3 saturated heterocycles. The summed E-state index contributed by atoms with van der Waals surface area (Å²) in [6.07, 6.45) is -10.9. The van der Waals surface area contributed by atoms with Gasteiger partial charge in [-0.1, -0.05) is 92.2 Å². The largest absolute Gasteiger partial charge is 0.497 e. The number of thiol groups is 1. The zero-order valence-electron chi connectivity index (χ0n) is 76.1. The number of hydrogen-bond acceptors (Lipinski definition) is 32. The van der Waals surface area contributed by atoms with Crippen LogP contribution in [0.15, 0.2) is 78.9 Å². The predicted octanol–water partition coefficient (Wildman–Crippen LogP) is 4.14. The topological polar surface area (TPSA) is 482 Å². The normalized spacial score (nSPS) is 22.2. The quantitative estimate of drug-likeness (QED) is 0.0104. The summed E-state index contributed by atoms with van der Waals surface area (Å²) >= 11 is 5.17. The lowest BCUT2D eigenvalue weighted by atomic mass is 9.80. The standard InChI is InChI=1S/C88H127N8O31PS2/c1-52-78(91-55(4)97)85(125-69(48-117-58(7)100)81(52)121-61(10)103)114-45-21-18-26-73(106)89-39-41-95(76(109)28-20-23-47-116-87-80(93-57(6)99)54(3)83(123-63(12)105)71(127-87)50-119-60(9)102)43-44-96(42-40-90-74(107)27-19-22-46-115-86-79(92-56(5)98)53(2)82(122-62(11)104)70(126-86)49-118-59(8)101)84(111)72(124-77(110)38-37-75(108)94-130(128)129)51-120-88(64-24-16-15-17-25-64,65-29-33-67(112-13)34-30-65)66-31-35-68(113-14)36-32-66/h15-17,24-25,29-36,52-54,69-72,78-83,85-87,128,130H,18-23,26-28,37-51H2,1-14H3,(H,89,106)(H,90,107)(H,91,97)(H,92,98)(H,93,99)(H,94,108,129)/t52-,53-,54-,69?,70?,71?,72?,78?,79?,80?,81-,82-,83-,85-,86-,87-/m1/s1. The summed E-state index contributed by atoms with van der Waals surface area (Å²) in [5.41, 5.74) is -0.00697. The van der Waals surface area contributed by atoms with Crippen molar-refractivity contribution in [3.05, 3.63) is 95.6 Å². The lowest BCUT2D eigenvalue weighted by Gasteiger charge is -2.44. The van der Waals surface area contributed by atoms with Crippen molar-refractivity contribution in [3.63, 3.8) is 0 Å². The average molecular weight is 1890 g/mol. The summed E-state index contributed by atoms with van der Waals surface area (Å²) in [6, 6.07) is 20.5. The van der Waals surface area contributed by atoms with E-state index in [1.165, 1.54) is 86.3 Å². The second-order valence-corrected chi connectivity index (χ2v) is 35.7. The Kier molecular flexibility index (Phi) is 46.7. The van der Waals surface area contributed by atoms with Gasteiger partial charge < -0.3 is 117 Å². The van der Waals surface area contributed by atoms with Crippen LogP contribution < -0.4 is 40.8 Å². The third kappa shape index (κ3) is 36.2. The molecule has 8 amide bonds. The summed E-state index contributed by atoms with van der Waals surface area (Å²) < 4.78 is 96.9. The fourth-order valence-corrected chi connectivity index (χ4v) is 16.2. The maximum absolute atomic E-state index is 16.1. The highest BCUT2D eigenvalue weighted by Gasteiger charge is 2.51. The van der Waals surface area contributed by atoms with Crippen molar-refractivity contribution in [1.29, 1.82) is 0 Å². The maximum atomic E-state index is 16.1. The number of ether oxygens (including phenoxy) is 16. The molecule has 0 bridgehead atoms. The Morgan fingerprint density at radius 3 is 1.16 bits per heavy atom. The van der Waals surface area contributed by atoms with Crippen LogP contribution in [-0.2, 0) is 164 Å². The number of methoxy groups -OCH3 is 2. The molecule has 39 nitrogen and oxygen atoms in total. The number of nitrogens with zero attached hydrogens (tertiary/aromatic N) is 2. The van der Waals surface area contributed by atoms with Gasteiger partial charge >= 0.3 is 41.8 Å². The molecule has 6 rings (SSSR count). The van der Waals surface area contributed by atoms with E-state index in [-0.39, 0.29) is 137 Å². The number of esters is 7. The van der Waals surface area contributed by atoms with Crippen LogP contribution in [0.2, 0.25) is 0 Å². The minimum absolute atomic E-state index is 0.00687. The minimum Gasteiger partial charge on any atom is -0.497 e. The van der Waals surface area contributed by atoms with E-state index in [0.29, 0.717) is 28.2 Å². The highest BCUT2D eigenvalue weighted by atomic mass is 32.9. The van der Waals surface area contributed by atoms with Crippen molar-refractivity contribution in [2.24, 2.45) is 17.8 Å². The van der Waals surface area contributed by atoms with Gasteiger partial charge in [-0.2, -0.15) is 0 Å². The van der Waals surface area contributed by atoms with Gasteiger partial charge in [0.05, 0.1) is 45.4 Å². The van der Waals surface area contributed by atoms with Crippen LogP contribution in [0.5, 0.6) is 11.5 Å². The molecule has 3 aliphatic heterocycles. The molecule has 8 unspecified atom stereocenters. The first-order chi connectivity index (χ1) is 61.8. The molecule has 722 valence electrons. The lowest BCUT2D eigenvalue weighted by Crippen LogP contribution is -2.62. The van der Waals surface area contributed by atoms with E-state index in [2.05, 4.69) is 39.3 Å². The molecule has 3 heterocycles. The molecule has 0 saturated carbocycles. The van der Waals surface area contributed by atoms with Crippen LogP contribution in [0.25, 0.3) is 0 Å². The first-order valence-corrected chi connectivity index (χ1v) is 46.8. The molecule has 0 radical (unpaired) electrons. The Bertz CT molecular complexity index is 4260. The fourth-order valence-electron chi connectivity index (χ4n) is 15.2. The van der Waals surface area contributed by atoms with Gasteiger partial charge in [0, 0.05) is 165 Å². The molecule has 17 atom stereocenters. The molecule has 3 aromatic rings. The van der Waals surface area contributed by atoms with Crippen LogP contribution in [0, 0.1) is 17.8 Å². The number of hydrogen-bond donors (Lipinski definition) is 7. The van der Waals surface area contributed by atoms with Gasteiger partial charge in [-0.15, -0.1) is 0 Å². The van der Waals surface area contributed by atoms with Crippen LogP contribution in [0.3, 0.4) is 0 Å². The first-order valence-electron chi connectivity index (χ1n) is 43.1. The summed E-state index contributed by atoms with van der Waals surface area (Å²) in [5.74, 6) is -9.77. The van der Waals surface area contributed by atoms with E-state index >= 15 is 9.59 Å². The van der Waals surface area contributed by atoms with E-state index in [1.54, 1.807) is 87.5 Å². The van der Waals surface area contributed by atoms with Gasteiger partial charge in [0.15, 0.2) is 18.9 Å². The van der Waals surface area contributed by atoms with Crippen LogP contribution in [0.4, 0.5) is 0 Å². The molecule has 0 aliphatic carbocycles. The number of unbranched alkanes of at least 4 members (excludes halogenated alkanes) is 3. The summed E-state index contributed by atoms with van der Waals surface area (Å²) in [6.45, 7) is 13.2. The van der Waals surface area contributed by atoms with E-state index < -0.39 is 220 Å². The van der Waals surface area contributed by atoms with Crippen LogP contribution in [0.1, 0.15) is 170 Å². The van der Waals surface area contributed by atoms with Gasteiger partial charge in [-0.3, -0.25) is 71.9 Å². The van der Waals surface area contributed by atoms with E-state index in [9.17, 15) is 62.3 Å². The van der Waals surface area contributed by atoms with Gasteiger partial charge in [-0.05, 0) is 90.7 Å². The maximum Gasteiger partial charge on any atom is 0.307 e. The first kappa shape index (κ1) is 109. The van der Waals surface area contributed by atoms with Crippen LogP contribution in [-0.4, -0.2) is 278 Å². The fraction of sp³-hybridized carbons (Fsp3) is 0.625. The monoisotopic (exact) mass is 1890 g/mol. The average Bonchev–Trinajstić information content (AvgIpc) is 0.749. The van der Waals surface area contributed by atoms with Crippen molar-refractivity contribution < 1.29 is 148 Å². The number of benzene rings is 3. The molecule has 0 spiro atoms. The van der Waals surface area contributed by atoms with Gasteiger partial charge in [0.25, 0.3) is 5.91 Å².